The molecule has 25 heavy (non-hydrogen) atoms. The Morgan fingerprint density at radius 1 is 1.20 bits per heavy atom. The summed E-state index contributed by atoms with van der Waals surface area (Å²) in [5.41, 5.74) is 2.39. The third-order valence-electron chi connectivity index (χ3n) is 3.67. The monoisotopic (exact) mass is 340 g/mol. The number of aromatic amines is 1. The average molecular weight is 340 g/mol. The van der Waals surface area contributed by atoms with E-state index in [1.54, 1.807) is 30.3 Å². The van der Waals surface area contributed by atoms with Gasteiger partial charge in [0.15, 0.2) is 5.78 Å². The summed E-state index contributed by atoms with van der Waals surface area (Å²) in [7, 11) is 0. The maximum Gasteiger partial charge on any atom is 0.319 e. The molecule has 0 radical (unpaired) electrons. The highest BCUT2D eigenvalue weighted by atomic mass is 19.1. The predicted octanol–water partition coefficient (Wildman–Crippen LogP) is 3.27. The molecule has 6 nitrogen and oxygen atoms in total. The van der Waals surface area contributed by atoms with Crippen molar-refractivity contribution < 1.29 is 14.0 Å². The number of halogens is 1. The first-order chi connectivity index (χ1) is 12.0. The summed E-state index contributed by atoms with van der Waals surface area (Å²) in [6, 6.07) is 10.7. The number of nitrogens with zero attached hydrogens (tertiary/aromatic N) is 1. The summed E-state index contributed by atoms with van der Waals surface area (Å²) >= 11 is 0. The van der Waals surface area contributed by atoms with Gasteiger partial charge in [0.2, 0.25) is 0 Å². The fourth-order valence-corrected chi connectivity index (χ4v) is 2.44. The second kappa shape index (κ2) is 7.12. The molecular formula is C18H17FN4O2. The molecule has 0 atom stereocenters. The van der Waals surface area contributed by atoms with Crippen molar-refractivity contribution in [3.8, 4) is 0 Å². The fraction of sp³-hybridized carbons (Fsp3) is 0.167. The van der Waals surface area contributed by atoms with E-state index < -0.39 is 0 Å². The number of Topliss-reactive ketones (excluding diaryl/α,β-unsaturated/α-hetero) is 1. The number of hydrogen-bond donors (Lipinski definition) is 3. The van der Waals surface area contributed by atoms with E-state index in [4.69, 9.17) is 0 Å². The Kier molecular flexibility index (Phi) is 4.74. The highest BCUT2D eigenvalue weighted by Gasteiger charge is 2.06. The first-order valence-electron chi connectivity index (χ1n) is 7.81. The topological polar surface area (TPSA) is 86.9 Å². The molecular weight excluding hydrogens is 323 g/mol. The summed E-state index contributed by atoms with van der Waals surface area (Å²) < 4.78 is 13.2. The van der Waals surface area contributed by atoms with Crippen molar-refractivity contribution in [2.75, 3.05) is 11.9 Å². The minimum atomic E-state index is -0.372. The van der Waals surface area contributed by atoms with E-state index >= 15 is 0 Å². The van der Waals surface area contributed by atoms with Crippen molar-refractivity contribution in [2.45, 2.75) is 13.3 Å². The lowest BCUT2D eigenvalue weighted by atomic mass is 10.1. The molecule has 0 aliphatic heterocycles. The zero-order valence-electron chi connectivity index (χ0n) is 13.6. The molecule has 7 heteroatoms. The van der Waals surface area contributed by atoms with Gasteiger partial charge in [0, 0.05) is 24.2 Å². The maximum absolute atomic E-state index is 13.2. The van der Waals surface area contributed by atoms with Crippen LogP contribution in [0.3, 0.4) is 0 Å². The van der Waals surface area contributed by atoms with Crippen LogP contribution in [0.1, 0.15) is 23.1 Å². The molecule has 0 bridgehead atoms. The molecule has 1 heterocycles. The van der Waals surface area contributed by atoms with Crippen molar-refractivity contribution >= 4 is 28.5 Å². The van der Waals surface area contributed by atoms with E-state index in [0.29, 0.717) is 41.1 Å². The molecule has 3 aromatic rings. The third kappa shape index (κ3) is 4.20. The van der Waals surface area contributed by atoms with Crippen LogP contribution < -0.4 is 10.6 Å². The van der Waals surface area contributed by atoms with Gasteiger partial charge in [-0.05, 0) is 37.3 Å². The van der Waals surface area contributed by atoms with Gasteiger partial charge in [-0.3, -0.25) is 4.79 Å². The number of ketones is 1. The molecule has 0 saturated heterocycles. The molecule has 0 spiro atoms. The highest BCUT2D eigenvalue weighted by molar-refractivity contribution is 5.96. The van der Waals surface area contributed by atoms with E-state index in [0.717, 1.165) is 0 Å². The number of carbonyl (C=O) groups excluding carboxylic acids is 2. The Bertz CT molecular complexity index is 936. The summed E-state index contributed by atoms with van der Waals surface area (Å²) in [6.45, 7) is 1.83. The van der Waals surface area contributed by atoms with Crippen LogP contribution >= 0.6 is 0 Å². The molecule has 2 aromatic carbocycles. The zero-order valence-corrected chi connectivity index (χ0v) is 13.6. The molecule has 3 rings (SSSR count). The standard InChI is InChI=1S/C18H17FN4O2/c1-11(24)12-3-2-4-14(9-12)21-18(25)20-8-7-17-22-15-6-5-13(19)10-16(15)23-17/h2-6,9-10H,7-8H2,1H3,(H,22,23)(H2,20,21,25). The Morgan fingerprint density at radius 2 is 2.04 bits per heavy atom. The van der Waals surface area contributed by atoms with E-state index in [2.05, 4.69) is 20.6 Å². The number of fused-ring (bicyclic) bond motifs is 1. The average Bonchev–Trinajstić information content (AvgIpc) is 2.96. The second-order valence-corrected chi connectivity index (χ2v) is 5.61. The van der Waals surface area contributed by atoms with Crippen molar-refractivity contribution in [1.29, 1.82) is 0 Å². The number of carbonyl (C=O) groups is 2. The van der Waals surface area contributed by atoms with E-state index in [1.165, 1.54) is 19.1 Å². The van der Waals surface area contributed by atoms with Gasteiger partial charge in [-0.2, -0.15) is 0 Å². The minimum Gasteiger partial charge on any atom is -0.342 e. The molecule has 0 unspecified atom stereocenters. The van der Waals surface area contributed by atoms with Gasteiger partial charge in [-0.1, -0.05) is 12.1 Å². The number of imidazole rings is 1. The molecule has 0 fully saturated rings. The molecule has 0 aliphatic carbocycles. The summed E-state index contributed by atoms with van der Waals surface area (Å²) in [6.07, 6.45) is 0.483. The predicted molar refractivity (Wildman–Crippen MR) is 93.2 cm³/mol. The number of amides is 2. The van der Waals surface area contributed by atoms with Crippen molar-refractivity contribution in [3.63, 3.8) is 0 Å². The van der Waals surface area contributed by atoms with Crippen LogP contribution in [0.4, 0.5) is 14.9 Å². The number of urea groups is 1. The van der Waals surface area contributed by atoms with E-state index in [-0.39, 0.29) is 17.6 Å². The molecule has 0 aliphatic rings. The van der Waals surface area contributed by atoms with Crippen LogP contribution in [-0.4, -0.2) is 28.3 Å². The molecule has 1 aromatic heterocycles. The minimum absolute atomic E-state index is 0.0645. The smallest absolute Gasteiger partial charge is 0.319 e. The van der Waals surface area contributed by atoms with Crippen molar-refractivity contribution in [1.82, 2.24) is 15.3 Å². The maximum atomic E-state index is 13.2. The molecule has 128 valence electrons. The van der Waals surface area contributed by atoms with Gasteiger partial charge in [-0.15, -0.1) is 0 Å². The SMILES string of the molecule is CC(=O)c1cccc(NC(=O)NCCc2nc3ccc(F)cc3[nH]2)c1. The van der Waals surface area contributed by atoms with E-state index in [9.17, 15) is 14.0 Å². The van der Waals surface area contributed by atoms with Crippen LogP contribution in [0.2, 0.25) is 0 Å². The van der Waals surface area contributed by atoms with Crippen LogP contribution in [-0.2, 0) is 6.42 Å². The Morgan fingerprint density at radius 3 is 2.84 bits per heavy atom. The number of aromatic nitrogens is 2. The Balaban J connectivity index is 1.53. The molecule has 2 amide bonds. The largest absolute Gasteiger partial charge is 0.342 e. The number of anilines is 1. The molecule has 3 N–H and O–H groups in total. The lowest BCUT2D eigenvalue weighted by Crippen LogP contribution is -2.30. The first-order valence-corrected chi connectivity index (χ1v) is 7.81. The van der Waals surface area contributed by atoms with Crippen molar-refractivity contribution in [2.24, 2.45) is 0 Å². The molecule has 0 saturated carbocycles. The van der Waals surface area contributed by atoms with Gasteiger partial charge in [0.05, 0.1) is 11.0 Å². The van der Waals surface area contributed by atoms with Crippen molar-refractivity contribution in [3.05, 3.63) is 59.7 Å². The second-order valence-electron chi connectivity index (χ2n) is 5.61. The lowest BCUT2D eigenvalue weighted by molar-refractivity contribution is 0.101. The van der Waals surface area contributed by atoms with Crippen LogP contribution in [0, 0.1) is 5.82 Å². The first kappa shape index (κ1) is 16.6. The number of H-pyrrole nitrogens is 1. The number of nitrogens with one attached hydrogen (secondary N) is 3. The number of hydrogen-bond acceptors (Lipinski definition) is 3. The normalized spacial score (nSPS) is 10.6. The quantitative estimate of drug-likeness (QED) is 0.623. The number of rotatable bonds is 5. The third-order valence-corrected chi connectivity index (χ3v) is 3.67. The van der Waals surface area contributed by atoms with Gasteiger partial charge in [0.1, 0.15) is 11.6 Å². The van der Waals surface area contributed by atoms with Crippen LogP contribution in [0.5, 0.6) is 0 Å². The Hall–Kier alpha value is -3.22. The lowest BCUT2D eigenvalue weighted by Gasteiger charge is -2.07. The van der Waals surface area contributed by atoms with Crippen LogP contribution in [0.25, 0.3) is 11.0 Å². The fourth-order valence-electron chi connectivity index (χ4n) is 2.44. The van der Waals surface area contributed by atoms with Gasteiger partial charge >= 0.3 is 6.03 Å². The Labute approximate surface area is 143 Å². The highest BCUT2D eigenvalue weighted by Crippen LogP contribution is 2.13. The van der Waals surface area contributed by atoms with Gasteiger partial charge in [-0.25, -0.2) is 14.2 Å². The van der Waals surface area contributed by atoms with Crippen LogP contribution in [0.15, 0.2) is 42.5 Å². The summed E-state index contributed by atoms with van der Waals surface area (Å²) in [4.78, 5) is 30.6. The number of benzene rings is 2. The summed E-state index contributed by atoms with van der Waals surface area (Å²) in [5.74, 6) is 0.276. The van der Waals surface area contributed by atoms with E-state index in [1.807, 2.05) is 0 Å². The van der Waals surface area contributed by atoms with Gasteiger partial charge in [0.25, 0.3) is 0 Å². The van der Waals surface area contributed by atoms with Gasteiger partial charge < -0.3 is 15.6 Å². The zero-order chi connectivity index (χ0) is 17.8. The summed E-state index contributed by atoms with van der Waals surface area (Å²) in [5, 5.41) is 5.39.